The highest BCUT2D eigenvalue weighted by molar-refractivity contribution is 7.17. The third-order valence-corrected chi connectivity index (χ3v) is 5.73. The number of fused-ring (bicyclic) bond motifs is 1. The zero-order valence-corrected chi connectivity index (χ0v) is 15.9. The van der Waals surface area contributed by atoms with Crippen molar-refractivity contribution in [3.05, 3.63) is 45.8 Å². The molecule has 1 N–H and O–H groups in total. The SMILES string of the molecule is CCc1ccccc1OCC(=O)Nc1sc2c(c1C(=O)OC)CCCC2. The molecule has 0 aliphatic heterocycles. The van der Waals surface area contributed by atoms with Crippen LogP contribution in [0.5, 0.6) is 5.75 Å². The Morgan fingerprint density at radius 3 is 2.73 bits per heavy atom. The van der Waals surface area contributed by atoms with Gasteiger partial charge in [-0.3, -0.25) is 4.79 Å². The molecule has 0 fully saturated rings. The molecule has 0 saturated carbocycles. The first-order valence-electron chi connectivity index (χ1n) is 8.87. The molecule has 0 saturated heterocycles. The predicted octanol–water partition coefficient (Wildman–Crippen LogP) is 3.99. The minimum atomic E-state index is -0.392. The Hall–Kier alpha value is -2.34. The van der Waals surface area contributed by atoms with E-state index < -0.39 is 5.97 Å². The number of esters is 1. The number of methoxy groups -OCH3 is 1. The Balaban J connectivity index is 1.73. The fourth-order valence-electron chi connectivity index (χ4n) is 3.21. The van der Waals surface area contributed by atoms with E-state index in [1.807, 2.05) is 31.2 Å². The lowest BCUT2D eigenvalue weighted by Crippen LogP contribution is -2.21. The Bertz CT molecular complexity index is 812. The summed E-state index contributed by atoms with van der Waals surface area (Å²) in [5.74, 6) is 0.0421. The molecule has 1 aliphatic carbocycles. The average molecular weight is 373 g/mol. The number of ether oxygens (including phenoxy) is 2. The molecule has 0 atom stereocenters. The highest BCUT2D eigenvalue weighted by atomic mass is 32.1. The fraction of sp³-hybridized carbons (Fsp3) is 0.400. The molecule has 6 heteroatoms. The molecule has 138 valence electrons. The van der Waals surface area contributed by atoms with Gasteiger partial charge < -0.3 is 14.8 Å². The van der Waals surface area contributed by atoms with Crippen molar-refractivity contribution >= 4 is 28.2 Å². The van der Waals surface area contributed by atoms with Crippen LogP contribution in [-0.2, 0) is 28.8 Å². The molecule has 1 aromatic heterocycles. The molecule has 0 spiro atoms. The summed E-state index contributed by atoms with van der Waals surface area (Å²) in [4.78, 5) is 25.8. The normalized spacial score (nSPS) is 13.0. The number of amides is 1. The van der Waals surface area contributed by atoms with Crippen molar-refractivity contribution in [3.63, 3.8) is 0 Å². The van der Waals surface area contributed by atoms with E-state index in [4.69, 9.17) is 9.47 Å². The number of rotatable bonds is 6. The standard InChI is InChI=1S/C20H23NO4S/c1-3-13-8-4-6-10-15(13)25-12-17(22)21-19-18(20(23)24-2)14-9-5-7-11-16(14)26-19/h4,6,8,10H,3,5,7,9,11-12H2,1-2H3,(H,21,22). The van der Waals surface area contributed by atoms with Gasteiger partial charge in [0.25, 0.3) is 5.91 Å². The number of nitrogens with one attached hydrogen (secondary N) is 1. The van der Waals surface area contributed by atoms with Crippen molar-refractivity contribution < 1.29 is 19.1 Å². The van der Waals surface area contributed by atoms with E-state index in [0.717, 1.165) is 43.2 Å². The van der Waals surface area contributed by atoms with Crippen LogP contribution in [-0.4, -0.2) is 25.6 Å². The van der Waals surface area contributed by atoms with Gasteiger partial charge >= 0.3 is 5.97 Å². The van der Waals surface area contributed by atoms with Crippen LogP contribution in [0.25, 0.3) is 0 Å². The first kappa shape index (κ1) is 18.5. The number of anilines is 1. The van der Waals surface area contributed by atoms with Crippen molar-refractivity contribution in [2.24, 2.45) is 0 Å². The quantitative estimate of drug-likeness (QED) is 0.778. The van der Waals surface area contributed by atoms with E-state index in [9.17, 15) is 9.59 Å². The molecular weight excluding hydrogens is 350 g/mol. The van der Waals surface area contributed by atoms with Gasteiger partial charge in [0.2, 0.25) is 0 Å². The van der Waals surface area contributed by atoms with Gasteiger partial charge in [0, 0.05) is 4.88 Å². The van der Waals surface area contributed by atoms with E-state index in [1.165, 1.54) is 23.3 Å². The number of carbonyl (C=O) groups is 2. The zero-order valence-electron chi connectivity index (χ0n) is 15.1. The molecule has 1 aromatic carbocycles. The molecule has 0 radical (unpaired) electrons. The van der Waals surface area contributed by atoms with Crippen LogP contribution < -0.4 is 10.1 Å². The van der Waals surface area contributed by atoms with E-state index in [1.54, 1.807) is 0 Å². The van der Waals surface area contributed by atoms with Crippen molar-refractivity contribution in [2.45, 2.75) is 39.0 Å². The first-order valence-corrected chi connectivity index (χ1v) is 9.69. The molecule has 26 heavy (non-hydrogen) atoms. The zero-order chi connectivity index (χ0) is 18.5. The number of aryl methyl sites for hydroxylation is 2. The number of thiophene rings is 1. The van der Waals surface area contributed by atoms with Crippen molar-refractivity contribution in [1.29, 1.82) is 0 Å². The predicted molar refractivity (Wildman–Crippen MR) is 102 cm³/mol. The summed E-state index contributed by atoms with van der Waals surface area (Å²) in [6.07, 6.45) is 4.80. The van der Waals surface area contributed by atoms with E-state index in [2.05, 4.69) is 5.32 Å². The summed E-state index contributed by atoms with van der Waals surface area (Å²) >= 11 is 1.47. The van der Waals surface area contributed by atoms with Crippen LogP contribution in [0.3, 0.4) is 0 Å². The molecule has 5 nitrogen and oxygen atoms in total. The number of benzene rings is 1. The molecule has 0 bridgehead atoms. The Morgan fingerprint density at radius 1 is 1.19 bits per heavy atom. The third kappa shape index (κ3) is 3.90. The monoisotopic (exact) mass is 373 g/mol. The summed E-state index contributed by atoms with van der Waals surface area (Å²) in [6, 6.07) is 7.67. The van der Waals surface area contributed by atoms with Gasteiger partial charge in [-0.25, -0.2) is 4.79 Å². The molecule has 2 aromatic rings. The summed E-state index contributed by atoms with van der Waals surface area (Å²) < 4.78 is 10.6. The van der Waals surface area contributed by atoms with Crippen LogP contribution in [0.4, 0.5) is 5.00 Å². The van der Waals surface area contributed by atoms with Gasteiger partial charge in [-0.05, 0) is 49.3 Å². The number of hydrogen-bond acceptors (Lipinski definition) is 5. The lowest BCUT2D eigenvalue weighted by Gasteiger charge is -2.12. The second-order valence-electron chi connectivity index (χ2n) is 6.20. The summed E-state index contributed by atoms with van der Waals surface area (Å²) in [7, 11) is 1.37. The van der Waals surface area contributed by atoms with E-state index in [0.29, 0.717) is 16.3 Å². The second-order valence-corrected chi connectivity index (χ2v) is 7.31. The van der Waals surface area contributed by atoms with Gasteiger partial charge in [-0.1, -0.05) is 25.1 Å². The summed E-state index contributed by atoms with van der Waals surface area (Å²) in [5.41, 5.74) is 2.59. The second kappa shape index (κ2) is 8.36. The number of hydrogen-bond donors (Lipinski definition) is 1. The smallest absolute Gasteiger partial charge is 0.341 e. The van der Waals surface area contributed by atoms with Crippen LogP contribution in [0.2, 0.25) is 0 Å². The molecule has 1 heterocycles. The van der Waals surface area contributed by atoms with Crippen molar-refractivity contribution in [2.75, 3.05) is 19.0 Å². The third-order valence-electron chi connectivity index (χ3n) is 4.53. The summed E-state index contributed by atoms with van der Waals surface area (Å²) in [5, 5.41) is 3.41. The highest BCUT2D eigenvalue weighted by Crippen LogP contribution is 2.38. The minimum absolute atomic E-state index is 0.0970. The minimum Gasteiger partial charge on any atom is -0.483 e. The maximum atomic E-state index is 12.4. The molecule has 0 unspecified atom stereocenters. The van der Waals surface area contributed by atoms with Crippen LogP contribution in [0.1, 0.15) is 46.1 Å². The highest BCUT2D eigenvalue weighted by Gasteiger charge is 2.26. The van der Waals surface area contributed by atoms with Gasteiger partial charge in [0.1, 0.15) is 10.8 Å². The molecule has 1 amide bonds. The molecule has 1 aliphatic rings. The average Bonchev–Trinajstić information content (AvgIpc) is 3.03. The summed E-state index contributed by atoms with van der Waals surface area (Å²) in [6.45, 7) is 1.95. The first-order chi connectivity index (χ1) is 12.6. The Kier molecular flexibility index (Phi) is 5.93. The van der Waals surface area contributed by atoms with Gasteiger partial charge in [-0.2, -0.15) is 0 Å². The Labute approximate surface area is 157 Å². The maximum Gasteiger partial charge on any atom is 0.341 e. The van der Waals surface area contributed by atoms with E-state index in [-0.39, 0.29) is 12.5 Å². The van der Waals surface area contributed by atoms with Crippen molar-refractivity contribution in [1.82, 2.24) is 0 Å². The van der Waals surface area contributed by atoms with Gasteiger partial charge in [0.05, 0.1) is 12.7 Å². The van der Waals surface area contributed by atoms with Gasteiger partial charge in [-0.15, -0.1) is 11.3 Å². The lowest BCUT2D eigenvalue weighted by atomic mass is 9.95. The topological polar surface area (TPSA) is 64.6 Å². The molecule has 3 rings (SSSR count). The van der Waals surface area contributed by atoms with Gasteiger partial charge in [0.15, 0.2) is 6.61 Å². The lowest BCUT2D eigenvalue weighted by molar-refractivity contribution is -0.118. The molecular formula is C20H23NO4S. The fourth-order valence-corrected chi connectivity index (χ4v) is 4.51. The number of carbonyl (C=O) groups excluding carboxylic acids is 2. The Morgan fingerprint density at radius 2 is 1.96 bits per heavy atom. The maximum absolute atomic E-state index is 12.4. The van der Waals surface area contributed by atoms with Crippen LogP contribution in [0.15, 0.2) is 24.3 Å². The van der Waals surface area contributed by atoms with Crippen LogP contribution in [0, 0.1) is 0 Å². The largest absolute Gasteiger partial charge is 0.483 e. The van der Waals surface area contributed by atoms with Crippen LogP contribution >= 0.6 is 11.3 Å². The number of para-hydroxylation sites is 1. The van der Waals surface area contributed by atoms with Crippen molar-refractivity contribution in [3.8, 4) is 5.75 Å². The van der Waals surface area contributed by atoms with E-state index >= 15 is 0 Å².